The zero-order valence-corrected chi connectivity index (χ0v) is 15.0. The molecule has 0 saturated carbocycles. The first kappa shape index (κ1) is 17.6. The molecule has 5 nitrogen and oxygen atoms in total. The number of carbonyl (C=O) groups excluding carboxylic acids is 1. The van der Waals surface area contributed by atoms with Crippen molar-refractivity contribution in [2.24, 2.45) is 0 Å². The highest BCUT2D eigenvalue weighted by atomic mass is 32.1. The zero-order valence-electron chi connectivity index (χ0n) is 14.2. The largest absolute Gasteiger partial charge is 0.487 e. The van der Waals surface area contributed by atoms with Gasteiger partial charge in [0.05, 0.1) is 22.3 Å². The van der Waals surface area contributed by atoms with Crippen LogP contribution in [0.1, 0.15) is 32.2 Å². The van der Waals surface area contributed by atoms with Crippen LogP contribution in [0.25, 0.3) is 0 Å². The smallest absolute Gasteiger partial charge is 0.251 e. The van der Waals surface area contributed by atoms with E-state index < -0.39 is 0 Å². The quantitative estimate of drug-likeness (QED) is 0.722. The molecule has 0 saturated heterocycles. The van der Waals surface area contributed by atoms with E-state index in [4.69, 9.17) is 10.00 Å². The standard InChI is InChI=1S/C20H17N3O2S/c1-14-23-18(13-26-14)12-25-19-4-2-3-17(9-19)20(24)22-11-16-7-5-15(10-21)6-8-16/h2-9,13H,11-12H2,1H3,(H,22,24). The van der Waals surface area contributed by atoms with Crippen LogP contribution in [0, 0.1) is 18.3 Å². The summed E-state index contributed by atoms with van der Waals surface area (Å²) >= 11 is 1.58. The van der Waals surface area contributed by atoms with Gasteiger partial charge in [-0.15, -0.1) is 11.3 Å². The van der Waals surface area contributed by atoms with Gasteiger partial charge in [-0.05, 0) is 42.8 Å². The third-order valence-electron chi connectivity index (χ3n) is 3.69. The van der Waals surface area contributed by atoms with E-state index in [1.165, 1.54) is 0 Å². The number of aromatic nitrogens is 1. The molecular weight excluding hydrogens is 346 g/mol. The van der Waals surface area contributed by atoms with E-state index >= 15 is 0 Å². The Morgan fingerprint density at radius 3 is 2.77 bits per heavy atom. The van der Waals surface area contributed by atoms with Crippen LogP contribution >= 0.6 is 11.3 Å². The van der Waals surface area contributed by atoms with E-state index in [9.17, 15) is 4.79 Å². The van der Waals surface area contributed by atoms with Crippen LogP contribution in [0.3, 0.4) is 0 Å². The van der Waals surface area contributed by atoms with Gasteiger partial charge < -0.3 is 10.1 Å². The highest BCUT2D eigenvalue weighted by Gasteiger charge is 2.07. The van der Waals surface area contributed by atoms with Crippen molar-refractivity contribution in [2.45, 2.75) is 20.1 Å². The summed E-state index contributed by atoms with van der Waals surface area (Å²) in [4.78, 5) is 16.7. The topological polar surface area (TPSA) is 75.0 Å². The minimum Gasteiger partial charge on any atom is -0.487 e. The molecule has 2 aromatic carbocycles. The van der Waals surface area contributed by atoms with Crippen molar-refractivity contribution in [1.82, 2.24) is 10.3 Å². The number of benzene rings is 2. The van der Waals surface area contributed by atoms with Gasteiger partial charge in [0.2, 0.25) is 0 Å². The summed E-state index contributed by atoms with van der Waals surface area (Å²) in [6.07, 6.45) is 0. The molecular formula is C20H17N3O2S. The van der Waals surface area contributed by atoms with E-state index in [1.807, 2.05) is 30.5 Å². The van der Waals surface area contributed by atoms with Crippen molar-refractivity contribution in [3.05, 3.63) is 81.3 Å². The molecule has 0 aliphatic carbocycles. The number of nitrogens with one attached hydrogen (secondary N) is 1. The first-order chi connectivity index (χ1) is 12.6. The predicted octanol–water partition coefficient (Wildman–Crippen LogP) is 3.83. The number of ether oxygens (including phenoxy) is 1. The lowest BCUT2D eigenvalue weighted by Crippen LogP contribution is -2.22. The van der Waals surface area contributed by atoms with Crippen LogP contribution in [-0.2, 0) is 13.2 Å². The maximum atomic E-state index is 12.3. The van der Waals surface area contributed by atoms with Crippen LogP contribution in [0.15, 0.2) is 53.9 Å². The normalized spacial score (nSPS) is 10.2. The van der Waals surface area contributed by atoms with Gasteiger partial charge in [0, 0.05) is 17.5 Å². The molecule has 1 heterocycles. The molecule has 0 fully saturated rings. The number of carbonyl (C=O) groups is 1. The molecule has 0 bridgehead atoms. The third-order valence-corrected chi connectivity index (χ3v) is 4.51. The van der Waals surface area contributed by atoms with E-state index in [0.29, 0.717) is 30.0 Å². The summed E-state index contributed by atoms with van der Waals surface area (Å²) in [6.45, 7) is 2.72. The van der Waals surface area contributed by atoms with Crippen LogP contribution < -0.4 is 10.1 Å². The van der Waals surface area contributed by atoms with Gasteiger partial charge in [0.15, 0.2) is 0 Å². The van der Waals surface area contributed by atoms with Crippen molar-refractivity contribution in [3.63, 3.8) is 0 Å². The maximum Gasteiger partial charge on any atom is 0.251 e. The molecule has 1 N–H and O–H groups in total. The lowest BCUT2D eigenvalue weighted by molar-refractivity contribution is 0.0950. The van der Waals surface area contributed by atoms with E-state index in [-0.39, 0.29) is 5.91 Å². The van der Waals surface area contributed by atoms with Crippen molar-refractivity contribution in [3.8, 4) is 11.8 Å². The lowest BCUT2D eigenvalue weighted by atomic mass is 10.1. The minimum atomic E-state index is -0.177. The lowest BCUT2D eigenvalue weighted by Gasteiger charge is -2.08. The van der Waals surface area contributed by atoms with Crippen molar-refractivity contribution < 1.29 is 9.53 Å². The Morgan fingerprint density at radius 2 is 2.08 bits per heavy atom. The Bertz CT molecular complexity index is 942. The Kier molecular flexibility index (Phi) is 5.62. The molecule has 0 atom stereocenters. The minimum absolute atomic E-state index is 0.177. The van der Waals surface area contributed by atoms with Crippen LogP contribution in [0.4, 0.5) is 0 Å². The number of thiazole rings is 1. The average Bonchev–Trinajstić information content (AvgIpc) is 3.10. The number of aryl methyl sites for hydroxylation is 1. The Hall–Kier alpha value is -3.17. The van der Waals surface area contributed by atoms with Crippen molar-refractivity contribution >= 4 is 17.2 Å². The van der Waals surface area contributed by atoms with Gasteiger partial charge in [-0.1, -0.05) is 18.2 Å². The first-order valence-electron chi connectivity index (χ1n) is 8.05. The molecule has 6 heteroatoms. The molecule has 1 aromatic heterocycles. The molecule has 26 heavy (non-hydrogen) atoms. The number of rotatable bonds is 6. The Morgan fingerprint density at radius 1 is 1.27 bits per heavy atom. The maximum absolute atomic E-state index is 12.3. The van der Waals surface area contributed by atoms with E-state index in [2.05, 4.69) is 16.4 Å². The fourth-order valence-corrected chi connectivity index (χ4v) is 2.94. The highest BCUT2D eigenvalue weighted by molar-refractivity contribution is 7.09. The summed E-state index contributed by atoms with van der Waals surface area (Å²) in [7, 11) is 0. The third kappa shape index (κ3) is 4.68. The van der Waals surface area contributed by atoms with Crippen molar-refractivity contribution in [2.75, 3.05) is 0 Å². The van der Waals surface area contributed by atoms with Crippen molar-refractivity contribution in [1.29, 1.82) is 5.26 Å². The second kappa shape index (κ2) is 8.28. The summed E-state index contributed by atoms with van der Waals surface area (Å²) in [6, 6.07) is 16.3. The molecule has 3 aromatic rings. The fourth-order valence-electron chi connectivity index (χ4n) is 2.34. The van der Waals surface area contributed by atoms with Gasteiger partial charge in [0.1, 0.15) is 12.4 Å². The van der Waals surface area contributed by atoms with Crippen LogP contribution in [0.5, 0.6) is 5.75 Å². The molecule has 3 rings (SSSR count). The average molecular weight is 363 g/mol. The van der Waals surface area contributed by atoms with Crippen LogP contribution in [-0.4, -0.2) is 10.9 Å². The second-order valence-corrected chi connectivity index (χ2v) is 6.73. The van der Waals surface area contributed by atoms with Crippen LogP contribution in [0.2, 0.25) is 0 Å². The van der Waals surface area contributed by atoms with Gasteiger partial charge >= 0.3 is 0 Å². The molecule has 0 radical (unpaired) electrons. The number of hydrogen-bond donors (Lipinski definition) is 1. The molecule has 0 aliphatic heterocycles. The predicted molar refractivity (Wildman–Crippen MR) is 100.0 cm³/mol. The summed E-state index contributed by atoms with van der Waals surface area (Å²) in [5.74, 6) is 0.450. The molecule has 130 valence electrons. The van der Waals surface area contributed by atoms with Gasteiger partial charge in [-0.25, -0.2) is 4.98 Å². The fraction of sp³-hybridized carbons (Fsp3) is 0.150. The monoisotopic (exact) mass is 363 g/mol. The van der Waals surface area contributed by atoms with Gasteiger partial charge in [-0.3, -0.25) is 4.79 Å². The Balaban J connectivity index is 1.57. The Labute approximate surface area is 155 Å². The van der Waals surface area contributed by atoms with Gasteiger partial charge in [0.25, 0.3) is 5.91 Å². The summed E-state index contributed by atoms with van der Waals surface area (Å²) in [5.41, 5.74) is 2.94. The molecule has 1 amide bonds. The highest BCUT2D eigenvalue weighted by Crippen LogP contribution is 2.16. The number of nitriles is 1. The number of amides is 1. The van der Waals surface area contributed by atoms with Gasteiger partial charge in [-0.2, -0.15) is 5.26 Å². The zero-order chi connectivity index (χ0) is 18.4. The second-order valence-electron chi connectivity index (χ2n) is 5.67. The number of nitrogens with zero attached hydrogens (tertiary/aromatic N) is 2. The SMILES string of the molecule is Cc1nc(COc2cccc(C(=O)NCc3ccc(C#N)cc3)c2)cs1. The summed E-state index contributed by atoms with van der Waals surface area (Å²) in [5, 5.41) is 14.6. The molecule has 0 spiro atoms. The first-order valence-corrected chi connectivity index (χ1v) is 8.93. The molecule has 0 aliphatic rings. The molecule has 0 unspecified atom stereocenters. The number of hydrogen-bond acceptors (Lipinski definition) is 5. The van der Waals surface area contributed by atoms with E-state index in [0.717, 1.165) is 16.3 Å². The summed E-state index contributed by atoms with van der Waals surface area (Å²) < 4.78 is 5.72. The van der Waals surface area contributed by atoms with E-state index in [1.54, 1.807) is 41.7 Å².